The van der Waals surface area contributed by atoms with Gasteiger partial charge in [-0.15, -0.1) is 0 Å². The smallest absolute Gasteiger partial charge is 0.185 e. The molecule has 0 aliphatic rings. The molecular weight excluding hydrogens is 192 g/mol. The van der Waals surface area contributed by atoms with E-state index in [2.05, 4.69) is 10.3 Å². The number of Topliss-reactive ketones (excluding diaryl/α,β-unsaturated/α-hetero) is 1. The molecule has 0 aliphatic carbocycles. The van der Waals surface area contributed by atoms with Gasteiger partial charge < -0.3 is 16.8 Å². The largest absolute Gasteiger partial charge is 0.370 e. The van der Waals surface area contributed by atoms with Gasteiger partial charge in [-0.25, -0.2) is 0 Å². The molecule has 0 radical (unpaired) electrons. The zero-order chi connectivity index (χ0) is 11.8. The Kier molecular flexibility index (Phi) is 6.70. The predicted octanol–water partition coefficient (Wildman–Crippen LogP) is -0.147. The minimum atomic E-state index is -0.0841. The molecule has 0 saturated heterocycles. The fraction of sp³-hybridized carbons (Fsp3) is 0.800. The second-order valence-corrected chi connectivity index (χ2v) is 3.85. The minimum absolute atomic E-state index is 0.0607. The van der Waals surface area contributed by atoms with E-state index < -0.39 is 0 Å². The summed E-state index contributed by atoms with van der Waals surface area (Å²) in [6, 6.07) is -0.0841. The van der Waals surface area contributed by atoms with Gasteiger partial charge in [0, 0.05) is 12.5 Å². The van der Waals surface area contributed by atoms with Gasteiger partial charge >= 0.3 is 0 Å². The van der Waals surface area contributed by atoms with Crippen molar-refractivity contribution in [2.75, 3.05) is 13.6 Å². The number of likely N-dealkylation sites (N-methyl/N-ethyl adjacent to an activating group) is 1. The van der Waals surface area contributed by atoms with Gasteiger partial charge in [0.2, 0.25) is 0 Å². The van der Waals surface area contributed by atoms with Gasteiger partial charge in [0.05, 0.1) is 6.04 Å². The van der Waals surface area contributed by atoms with E-state index in [0.717, 1.165) is 12.8 Å². The van der Waals surface area contributed by atoms with E-state index in [0.29, 0.717) is 6.54 Å². The molecular formula is C10H22N4O. The standard InChI is InChI=1S/C10H22N4O/c1-7(2)9(15)8(13-3)5-4-6-14-10(11)12/h7-8,13H,4-6H2,1-3H3,(H4,11,12,14). The Bertz CT molecular complexity index is 221. The Balaban J connectivity index is 3.91. The fourth-order valence-electron chi connectivity index (χ4n) is 1.33. The lowest BCUT2D eigenvalue weighted by Gasteiger charge is -2.16. The van der Waals surface area contributed by atoms with Crippen LogP contribution in [-0.4, -0.2) is 31.4 Å². The number of aliphatic imine (C=N–C) groups is 1. The number of nitrogens with two attached hydrogens (primary N) is 2. The molecule has 0 spiro atoms. The molecule has 88 valence electrons. The monoisotopic (exact) mass is 214 g/mol. The number of guanidine groups is 1. The summed E-state index contributed by atoms with van der Waals surface area (Å²) in [4.78, 5) is 15.5. The lowest BCUT2D eigenvalue weighted by atomic mass is 9.98. The van der Waals surface area contributed by atoms with Crippen molar-refractivity contribution >= 4 is 11.7 Å². The number of ketones is 1. The summed E-state index contributed by atoms with van der Waals surface area (Å²) in [7, 11) is 1.80. The van der Waals surface area contributed by atoms with Crippen LogP contribution in [0.4, 0.5) is 0 Å². The molecule has 0 fully saturated rings. The number of hydrogen-bond acceptors (Lipinski definition) is 3. The van der Waals surface area contributed by atoms with Crippen LogP contribution in [0.25, 0.3) is 0 Å². The first kappa shape index (κ1) is 13.9. The van der Waals surface area contributed by atoms with E-state index in [1.807, 2.05) is 13.8 Å². The summed E-state index contributed by atoms with van der Waals surface area (Å²) >= 11 is 0. The van der Waals surface area contributed by atoms with Crippen LogP contribution in [0.1, 0.15) is 26.7 Å². The van der Waals surface area contributed by atoms with Crippen molar-refractivity contribution in [2.45, 2.75) is 32.7 Å². The van der Waals surface area contributed by atoms with Gasteiger partial charge in [-0.3, -0.25) is 9.79 Å². The van der Waals surface area contributed by atoms with Gasteiger partial charge in [0.15, 0.2) is 11.7 Å². The molecule has 5 nitrogen and oxygen atoms in total. The van der Waals surface area contributed by atoms with Crippen molar-refractivity contribution < 1.29 is 4.79 Å². The Morgan fingerprint density at radius 1 is 1.40 bits per heavy atom. The number of carbonyl (C=O) groups is 1. The Morgan fingerprint density at radius 2 is 2.00 bits per heavy atom. The van der Waals surface area contributed by atoms with Gasteiger partial charge in [0.1, 0.15) is 0 Å². The van der Waals surface area contributed by atoms with Crippen LogP contribution in [0.15, 0.2) is 4.99 Å². The van der Waals surface area contributed by atoms with Crippen LogP contribution in [0.5, 0.6) is 0 Å². The van der Waals surface area contributed by atoms with Crippen LogP contribution < -0.4 is 16.8 Å². The van der Waals surface area contributed by atoms with Gasteiger partial charge in [0.25, 0.3) is 0 Å². The highest BCUT2D eigenvalue weighted by atomic mass is 16.1. The van der Waals surface area contributed by atoms with Crippen molar-refractivity contribution in [3.63, 3.8) is 0 Å². The second-order valence-electron chi connectivity index (χ2n) is 3.85. The SMILES string of the molecule is CNC(CCCN=C(N)N)C(=O)C(C)C. The molecule has 0 aromatic rings. The van der Waals surface area contributed by atoms with Gasteiger partial charge in [-0.1, -0.05) is 13.8 Å². The van der Waals surface area contributed by atoms with Crippen LogP contribution in [0, 0.1) is 5.92 Å². The van der Waals surface area contributed by atoms with Crippen LogP contribution in [0.2, 0.25) is 0 Å². The maximum atomic E-state index is 11.7. The first-order valence-corrected chi connectivity index (χ1v) is 5.25. The number of nitrogens with one attached hydrogen (secondary N) is 1. The summed E-state index contributed by atoms with van der Waals surface area (Å²) in [6.07, 6.45) is 1.58. The van der Waals surface area contributed by atoms with Crippen molar-refractivity contribution in [2.24, 2.45) is 22.4 Å². The molecule has 0 aromatic heterocycles. The molecule has 0 amide bonds. The average Bonchev–Trinajstić information content (AvgIpc) is 2.16. The van der Waals surface area contributed by atoms with E-state index in [9.17, 15) is 4.79 Å². The fourth-order valence-corrected chi connectivity index (χ4v) is 1.33. The van der Waals surface area contributed by atoms with E-state index >= 15 is 0 Å². The highest BCUT2D eigenvalue weighted by Gasteiger charge is 2.18. The van der Waals surface area contributed by atoms with E-state index in [-0.39, 0.29) is 23.7 Å². The summed E-state index contributed by atoms with van der Waals surface area (Å²) in [5, 5.41) is 3.01. The summed E-state index contributed by atoms with van der Waals surface area (Å²) in [6.45, 7) is 4.39. The van der Waals surface area contributed by atoms with E-state index in [4.69, 9.17) is 11.5 Å². The maximum absolute atomic E-state index is 11.7. The predicted molar refractivity (Wildman–Crippen MR) is 62.6 cm³/mol. The number of rotatable bonds is 7. The van der Waals surface area contributed by atoms with E-state index in [1.165, 1.54) is 0 Å². The van der Waals surface area contributed by atoms with Gasteiger partial charge in [-0.2, -0.15) is 0 Å². The highest BCUT2D eigenvalue weighted by molar-refractivity contribution is 5.85. The molecule has 1 unspecified atom stereocenters. The first-order chi connectivity index (χ1) is 6.99. The molecule has 0 aliphatic heterocycles. The molecule has 0 rings (SSSR count). The second kappa shape index (κ2) is 7.23. The normalized spacial score (nSPS) is 12.5. The molecule has 0 heterocycles. The van der Waals surface area contributed by atoms with Crippen molar-refractivity contribution in [1.82, 2.24) is 5.32 Å². The van der Waals surface area contributed by atoms with E-state index in [1.54, 1.807) is 7.05 Å². The molecule has 5 heteroatoms. The third-order valence-electron chi connectivity index (χ3n) is 2.21. The topological polar surface area (TPSA) is 93.5 Å². The molecule has 15 heavy (non-hydrogen) atoms. The molecule has 1 atom stereocenters. The van der Waals surface area contributed by atoms with Crippen LogP contribution in [0.3, 0.4) is 0 Å². The Hall–Kier alpha value is -1.10. The zero-order valence-electron chi connectivity index (χ0n) is 9.79. The first-order valence-electron chi connectivity index (χ1n) is 5.25. The quantitative estimate of drug-likeness (QED) is 0.312. The lowest BCUT2D eigenvalue weighted by molar-refractivity contribution is -0.124. The number of nitrogens with zero attached hydrogens (tertiary/aromatic N) is 1. The third kappa shape index (κ3) is 6.06. The summed E-state index contributed by atoms with van der Waals surface area (Å²) < 4.78 is 0. The number of carbonyl (C=O) groups excluding carboxylic acids is 1. The summed E-state index contributed by atoms with van der Waals surface area (Å²) in [5.74, 6) is 0.402. The van der Waals surface area contributed by atoms with Crippen molar-refractivity contribution in [3.8, 4) is 0 Å². The summed E-state index contributed by atoms with van der Waals surface area (Å²) in [5.41, 5.74) is 10.4. The van der Waals surface area contributed by atoms with Crippen molar-refractivity contribution in [1.29, 1.82) is 0 Å². The van der Waals surface area contributed by atoms with Crippen LogP contribution >= 0.6 is 0 Å². The highest BCUT2D eigenvalue weighted by Crippen LogP contribution is 2.05. The third-order valence-corrected chi connectivity index (χ3v) is 2.21. The molecule has 0 bridgehead atoms. The average molecular weight is 214 g/mol. The molecule has 5 N–H and O–H groups in total. The Labute approximate surface area is 91.3 Å². The zero-order valence-corrected chi connectivity index (χ0v) is 9.79. The van der Waals surface area contributed by atoms with Gasteiger partial charge in [-0.05, 0) is 19.9 Å². The molecule has 0 aromatic carbocycles. The minimum Gasteiger partial charge on any atom is -0.370 e. The van der Waals surface area contributed by atoms with Crippen molar-refractivity contribution in [3.05, 3.63) is 0 Å². The lowest BCUT2D eigenvalue weighted by Crippen LogP contribution is -2.36. The number of hydrogen-bond donors (Lipinski definition) is 3. The molecule has 0 saturated carbocycles. The maximum Gasteiger partial charge on any atom is 0.185 e. The van der Waals surface area contributed by atoms with Crippen LogP contribution in [-0.2, 0) is 4.79 Å². The Morgan fingerprint density at radius 3 is 2.40 bits per heavy atom.